The number of hydrogen-bond acceptors (Lipinski definition) is 3. The van der Waals surface area contributed by atoms with Crippen LogP contribution in [0.4, 0.5) is 0 Å². The fourth-order valence-corrected chi connectivity index (χ4v) is 1.74. The molecule has 1 heterocycles. The smallest absolute Gasteiger partial charge is 0.0732 e. The minimum Gasteiger partial charge on any atom is -0.379 e. The van der Waals surface area contributed by atoms with Crippen LogP contribution in [0.1, 0.15) is 36.2 Å². The summed E-state index contributed by atoms with van der Waals surface area (Å²) in [6.45, 7) is 7.76. The van der Waals surface area contributed by atoms with Crippen LogP contribution in [-0.4, -0.2) is 25.2 Å². The second kappa shape index (κ2) is 6.61. The molecule has 16 heavy (non-hydrogen) atoms. The van der Waals surface area contributed by atoms with Crippen molar-refractivity contribution in [3.8, 4) is 0 Å². The van der Waals surface area contributed by atoms with Crippen molar-refractivity contribution in [1.29, 1.82) is 0 Å². The highest BCUT2D eigenvalue weighted by Crippen LogP contribution is 2.16. The molecule has 0 saturated carbocycles. The Labute approximate surface area is 98.2 Å². The van der Waals surface area contributed by atoms with Gasteiger partial charge in [0.25, 0.3) is 0 Å². The van der Waals surface area contributed by atoms with Crippen molar-refractivity contribution in [3.05, 3.63) is 29.1 Å². The first-order valence-corrected chi connectivity index (χ1v) is 5.87. The van der Waals surface area contributed by atoms with Gasteiger partial charge in [0.1, 0.15) is 0 Å². The molecule has 0 spiro atoms. The number of aryl methyl sites for hydroxylation is 2. The van der Waals surface area contributed by atoms with Gasteiger partial charge in [-0.1, -0.05) is 13.0 Å². The predicted molar refractivity (Wildman–Crippen MR) is 66.6 cm³/mol. The quantitative estimate of drug-likeness (QED) is 0.750. The van der Waals surface area contributed by atoms with Gasteiger partial charge in [0.05, 0.1) is 18.3 Å². The van der Waals surface area contributed by atoms with Gasteiger partial charge in [-0.3, -0.25) is 4.98 Å². The summed E-state index contributed by atoms with van der Waals surface area (Å²) in [4.78, 5) is 4.49. The van der Waals surface area contributed by atoms with Gasteiger partial charge in [-0.25, -0.2) is 0 Å². The topological polar surface area (TPSA) is 34.1 Å². The van der Waals surface area contributed by atoms with Crippen molar-refractivity contribution in [2.24, 2.45) is 0 Å². The first-order chi connectivity index (χ1) is 7.69. The Morgan fingerprint density at radius 3 is 2.75 bits per heavy atom. The fraction of sp³-hybridized carbons (Fsp3) is 0.615. The van der Waals surface area contributed by atoms with Crippen molar-refractivity contribution in [2.75, 3.05) is 20.3 Å². The number of likely N-dealkylation sites (N-methyl/N-ethyl adjacent to an activating group) is 1. The first-order valence-electron chi connectivity index (χ1n) is 5.87. The van der Waals surface area contributed by atoms with E-state index in [4.69, 9.17) is 4.74 Å². The van der Waals surface area contributed by atoms with Crippen LogP contribution in [0.5, 0.6) is 0 Å². The van der Waals surface area contributed by atoms with Crippen LogP contribution in [-0.2, 0) is 4.74 Å². The number of ether oxygens (including phenoxy) is 1. The average molecular weight is 222 g/mol. The Balaban J connectivity index is 2.70. The fourth-order valence-electron chi connectivity index (χ4n) is 1.74. The van der Waals surface area contributed by atoms with Crippen LogP contribution in [0.25, 0.3) is 0 Å². The maximum Gasteiger partial charge on any atom is 0.0732 e. The van der Waals surface area contributed by atoms with E-state index in [-0.39, 0.29) is 6.04 Å². The number of hydrogen-bond donors (Lipinski definition) is 1. The summed E-state index contributed by atoms with van der Waals surface area (Å²) in [5.41, 5.74) is 3.51. The Morgan fingerprint density at radius 1 is 1.44 bits per heavy atom. The van der Waals surface area contributed by atoms with Crippen molar-refractivity contribution in [3.63, 3.8) is 0 Å². The maximum absolute atomic E-state index is 5.57. The minimum absolute atomic E-state index is 0.187. The molecule has 0 fully saturated rings. The molecule has 0 aromatic carbocycles. The van der Waals surface area contributed by atoms with E-state index in [0.717, 1.165) is 18.7 Å². The lowest BCUT2D eigenvalue weighted by Gasteiger charge is -2.18. The Kier molecular flexibility index (Phi) is 5.43. The van der Waals surface area contributed by atoms with E-state index in [9.17, 15) is 0 Å². The van der Waals surface area contributed by atoms with Crippen LogP contribution >= 0.6 is 0 Å². The standard InChI is InChI=1S/C13H22N2O/c1-5-6-16-9-12(14-4)13-11(3)7-10(2)8-15-13/h7-8,12,14H,5-6,9H2,1-4H3. The largest absolute Gasteiger partial charge is 0.379 e. The number of aromatic nitrogens is 1. The number of nitrogens with zero attached hydrogens (tertiary/aromatic N) is 1. The molecule has 0 aliphatic heterocycles. The normalized spacial score (nSPS) is 12.8. The van der Waals surface area contributed by atoms with Gasteiger partial charge >= 0.3 is 0 Å². The Bertz CT molecular complexity index is 326. The van der Waals surface area contributed by atoms with Gasteiger partial charge in [0, 0.05) is 12.8 Å². The minimum atomic E-state index is 0.187. The predicted octanol–water partition coefficient (Wildman–Crippen LogP) is 2.39. The number of nitrogens with one attached hydrogen (secondary N) is 1. The lowest BCUT2D eigenvalue weighted by Crippen LogP contribution is -2.24. The SMILES string of the molecule is CCCOCC(NC)c1ncc(C)cc1C. The molecule has 0 saturated heterocycles. The zero-order valence-corrected chi connectivity index (χ0v) is 10.7. The average Bonchev–Trinajstić information content (AvgIpc) is 2.26. The lowest BCUT2D eigenvalue weighted by atomic mass is 10.1. The highest BCUT2D eigenvalue weighted by atomic mass is 16.5. The van der Waals surface area contributed by atoms with E-state index < -0.39 is 0 Å². The lowest BCUT2D eigenvalue weighted by molar-refractivity contribution is 0.113. The molecule has 1 rings (SSSR count). The Morgan fingerprint density at radius 2 is 2.19 bits per heavy atom. The molecule has 1 aromatic heterocycles. The third kappa shape index (κ3) is 3.58. The maximum atomic E-state index is 5.57. The molecule has 90 valence electrons. The van der Waals surface area contributed by atoms with E-state index in [2.05, 4.69) is 37.1 Å². The van der Waals surface area contributed by atoms with Gasteiger partial charge in [-0.15, -0.1) is 0 Å². The van der Waals surface area contributed by atoms with E-state index in [0.29, 0.717) is 6.61 Å². The summed E-state index contributed by atoms with van der Waals surface area (Å²) in [6, 6.07) is 2.35. The highest BCUT2D eigenvalue weighted by molar-refractivity contribution is 5.25. The molecule has 0 bridgehead atoms. The molecule has 0 amide bonds. The third-order valence-electron chi connectivity index (χ3n) is 2.57. The van der Waals surface area contributed by atoms with Crippen LogP contribution in [0.3, 0.4) is 0 Å². The van der Waals surface area contributed by atoms with Crippen LogP contribution in [0.15, 0.2) is 12.3 Å². The second-order valence-corrected chi connectivity index (χ2v) is 4.13. The molecule has 0 aliphatic rings. The van der Waals surface area contributed by atoms with Crippen molar-refractivity contribution in [1.82, 2.24) is 10.3 Å². The van der Waals surface area contributed by atoms with E-state index in [1.165, 1.54) is 11.1 Å². The molecule has 1 unspecified atom stereocenters. The van der Waals surface area contributed by atoms with Crippen LogP contribution < -0.4 is 5.32 Å². The molecular formula is C13H22N2O. The summed E-state index contributed by atoms with van der Waals surface area (Å²) in [7, 11) is 1.95. The third-order valence-corrected chi connectivity index (χ3v) is 2.57. The zero-order chi connectivity index (χ0) is 12.0. The molecule has 1 atom stereocenters. The summed E-state index contributed by atoms with van der Waals surface area (Å²) < 4.78 is 5.57. The van der Waals surface area contributed by atoms with Gasteiger partial charge in [0.15, 0.2) is 0 Å². The number of pyridine rings is 1. The van der Waals surface area contributed by atoms with Crippen molar-refractivity contribution in [2.45, 2.75) is 33.2 Å². The van der Waals surface area contributed by atoms with Gasteiger partial charge < -0.3 is 10.1 Å². The summed E-state index contributed by atoms with van der Waals surface area (Å²) in [5.74, 6) is 0. The Hall–Kier alpha value is -0.930. The van der Waals surface area contributed by atoms with Crippen molar-refractivity contribution < 1.29 is 4.74 Å². The van der Waals surface area contributed by atoms with Gasteiger partial charge in [-0.2, -0.15) is 0 Å². The van der Waals surface area contributed by atoms with Crippen molar-refractivity contribution >= 4 is 0 Å². The number of rotatable bonds is 6. The molecule has 3 nitrogen and oxygen atoms in total. The monoisotopic (exact) mass is 222 g/mol. The summed E-state index contributed by atoms with van der Waals surface area (Å²) in [6.07, 6.45) is 2.96. The highest BCUT2D eigenvalue weighted by Gasteiger charge is 2.13. The second-order valence-electron chi connectivity index (χ2n) is 4.13. The van der Waals surface area contributed by atoms with Crippen LogP contribution in [0, 0.1) is 13.8 Å². The van der Waals surface area contributed by atoms with E-state index in [1.807, 2.05) is 13.2 Å². The summed E-state index contributed by atoms with van der Waals surface area (Å²) >= 11 is 0. The van der Waals surface area contributed by atoms with Gasteiger partial charge in [-0.05, 0) is 38.4 Å². The molecule has 1 N–H and O–H groups in total. The van der Waals surface area contributed by atoms with E-state index in [1.54, 1.807) is 0 Å². The molecule has 0 radical (unpaired) electrons. The molecule has 3 heteroatoms. The summed E-state index contributed by atoms with van der Waals surface area (Å²) in [5, 5.41) is 3.25. The molecular weight excluding hydrogens is 200 g/mol. The van der Waals surface area contributed by atoms with Gasteiger partial charge in [0.2, 0.25) is 0 Å². The van der Waals surface area contributed by atoms with E-state index >= 15 is 0 Å². The van der Waals surface area contributed by atoms with Crippen LogP contribution in [0.2, 0.25) is 0 Å². The zero-order valence-electron chi connectivity index (χ0n) is 10.7. The molecule has 0 aliphatic carbocycles. The first kappa shape index (κ1) is 13.1. The molecule has 1 aromatic rings.